The number of aryl methyl sites for hydroxylation is 1. The molecule has 0 aliphatic carbocycles. The third kappa shape index (κ3) is 2.69. The van der Waals surface area contributed by atoms with Crippen LogP contribution >= 0.6 is 0 Å². The van der Waals surface area contributed by atoms with E-state index < -0.39 is 0 Å². The Morgan fingerprint density at radius 1 is 1.45 bits per heavy atom. The predicted molar refractivity (Wildman–Crippen MR) is 81.3 cm³/mol. The van der Waals surface area contributed by atoms with E-state index in [1.54, 1.807) is 4.90 Å². The summed E-state index contributed by atoms with van der Waals surface area (Å²) in [6, 6.07) is 7.79. The molecule has 22 heavy (non-hydrogen) atoms. The van der Waals surface area contributed by atoms with Crippen molar-refractivity contribution in [3.8, 4) is 0 Å². The molecule has 114 valence electrons. The number of benzene rings is 1. The van der Waals surface area contributed by atoms with Crippen LogP contribution in [0, 0.1) is 5.92 Å². The number of carbonyl (C=O) groups is 2. The van der Waals surface area contributed by atoms with E-state index in [2.05, 4.69) is 20.5 Å². The molecule has 1 aromatic heterocycles. The Morgan fingerprint density at radius 2 is 2.27 bits per heavy atom. The quantitative estimate of drug-likeness (QED) is 0.891. The zero-order valence-electron chi connectivity index (χ0n) is 12.2. The van der Waals surface area contributed by atoms with Gasteiger partial charge in [-0.25, -0.2) is 5.10 Å². The summed E-state index contributed by atoms with van der Waals surface area (Å²) in [7, 11) is 0. The lowest BCUT2D eigenvalue weighted by atomic mass is 10.1. The van der Waals surface area contributed by atoms with E-state index in [1.807, 2.05) is 31.2 Å². The summed E-state index contributed by atoms with van der Waals surface area (Å²) in [4.78, 5) is 30.0. The van der Waals surface area contributed by atoms with Crippen molar-refractivity contribution in [1.29, 1.82) is 0 Å². The molecule has 1 aromatic carbocycles. The van der Waals surface area contributed by atoms with Crippen molar-refractivity contribution in [2.75, 3.05) is 16.8 Å². The molecule has 0 saturated carbocycles. The minimum Gasteiger partial charge on any atom is -0.311 e. The van der Waals surface area contributed by atoms with Crippen LogP contribution in [-0.2, 0) is 16.0 Å². The van der Waals surface area contributed by atoms with Gasteiger partial charge in [0.1, 0.15) is 6.33 Å². The van der Waals surface area contributed by atoms with Gasteiger partial charge in [0.05, 0.1) is 5.92 Å². The first-order valence-corrected chi connectivity index (χ1v) is 7.23. The van der Waals surface area contributed by atoms with E-state index in [4.69, 9.17) is 0 Å². The van der Waals surface area contributed by atoms with Crippen LogP contribution in [-0.4, -0.2) is 33.5 Å². The van der Waals surface area contributed by atoms with Gasteiger partial charge in [-0.1, -0.05) is 25.1 Å². The van der Waals surface area contributed by atoms with Gasteiger partial charge in [-0.05, 0) is 18.1 Å². The molecule has 0 unspecified atom stereocenters. The SMILES string of the molecule is CCc1ccccc1N1C[C@@H](C(=O)Nc2ncn[nH]2)CC1=O. The van der Waals surface area contributed by atoms with Crippen molar-refractivity contribution in [2.45, 2.75) is 19.8 Å². The molecule has 1 fully saturated rings. The second-order valence-corrected chi connectivity index (χ2v) is 5.21. The van der Waals surface area contributed by atoms with Gasteiger partial charge in [0.15, 0.2) is 0 Å². The molecule has 1 aliphatic heterocycles. The summed E-state index contributed by atoms with van der Waals surface area (Å²) in [5.41, 5.74) is 2.00. The Morgan fingerprint density at radius 3 is 3.00 bits per heavy atom. The number of hydrogen-bond acceptors (Lipinski definition) is 4. The number of aromatic amines is 1. The second-order valence-electron chi connectivity index (χ2n) is 5.21. The van der Waals surface area contributed by atoms with E-state index in [0.29, 0.717) is 12.5 Å². The van der Waals surface area contributed by atoms with Crippen molar-refractivity contribution in [3.63, 3.8) is 0 Å². The maximum atomic E-state index is 12.3. The summed E-state index contributed by atoms with van der Waals surface area (Å²) in [5, 5.41) is 8.88. The van der Waals surface area contributed by atoms with Gasteiger partial charge < -0.3 is 4.90 Å². The average Bonchev–Trinajstić information content (AvgIpc) is 3.16. The highest BCUT2D eigenvalue weighted by Crippen LogP contribution is 2.28. The monoisotopic (exact) mass is 299 g/mol. The van der Waals surface area contributed by atoms with Gasteiger partial charge in [-0.3, -0.25) is 14.9 Å². The zero-order valence-corrected chi connectivity index (χ0v) is 12.2. The number of hydrogen-bond donors (Lipinski definition) is 2. The van der Waals surface area contributed by atoms with Crippen LogP contribution in [0.1, 0.15) is 18.9 Å². The van der Waals surface area contributed by atoms with Crippen LogP contribution in [0.2, 0.25) is 0 Å². The number of aromatic nitrogens is 3. The molecular weight excluding hydrogens is 282 g/mol. The molecule has 0 spiro atoms. The molecule has 0 bridgehead atoms. The fourth-order valence-corrected chi connectivity index (χ4v) is 2.67. The van der Waals surface area contributed by atoms with Gasteiger partial charge in [0.25, 0.3) is 0 Å². The summed E-state index contributed by atoms with van der Waals surface area (Å²) in [6.45, 7) is 2.43. The van der Waals surface area contributed by atoms with E-state index in [1.165, 1.54) is 6.33 Å². The van der Waals surface area contributed by atoms with E-state index in [0.717, 1.165) is 17.7 Å². The molecule has 3 rings (SSSR count). The lowest BCUT2D eigenvalue weighted by molar-refractivity contribution is -0.122. The van der Waals surface area contributed by atoms with Crippen molar-refractivity contribution in [1.82, 2.24) is 15.2 Å². The predicted octanol–water partition coefficient (Wildman–Crippen LogP) is 1.36. The average molecular weight is 299 g/mol. The van der Waals surface area contributed by atoms with Crippen LogP contribution in [0.5, 0.6) is 0 Å². The van der Waals surface area contributed by atoms with Crippen LogP contribution in [0.3, 0.4) is 0 Å². The van der Waals surface area contributed by atoms with E-state index in [-0.39, 0.29) is 24.2 Å². The van der Waals surface area contributed by atoms with Crippen LogP contribution in [0.4, 0.5) is 11.6 Å². The molecule has 0 radical (unpaired) electrons. The highest BCUT2D eigenvalue weighted by molar-refractivity contribution is 6.03. The first-order valence-electron chi connectivity index (χ1n) is 7.23. The molecule has 7 heteroatoms. The largest absolute Gasteiger partial charge is 0.311 e. The Bertz CT molecular complexity index is 683. The number of para-hydroxylation sites is 1. The number of nitrogens with one attached hydrogen (secondary N) is 2. The minimum absolute atomic E-state index is 0.0291. The number of H-pyrrole nitrogens is 1. The van der Waals surface area contributed by atoms with Crippen LogP contribution < -0.4 is 10.2 Å². The summed E-state index contributed by atoms with van der Waals surface area (Å²) >= 11 is 0. The highest BCUT2D eigenvalue weighted by Gasteiger charge is 2.36. The molecule has 1 saturated heterocycles. The fraction of sp³-hybridized carbons (Fsp3) is 0.333. The fourth-order valence-electron chi connectivity index (χ4n) is 2.67. The third-order valence-electron chi connectivity index (χ3n) is 3.82. The number of rotatable bonds is 4. The van der Waals surface area contributed by atoms with Gasteiger partial charge in [-0.2, -0.15) is 10.1 Å². The lowest BCUT2D eigenvalue weighted by Gasteiger charge is -2.19. The molecular formula is C15H17N5O2. The molecule has 2 aromatic rings. The van der Waals surface area contributed by atoms with E-state index in [9.17, 15) is 9.59 Å². The van der Waals surface area contributed by atoms with Crippen molar-refractivity contribution < 1.29 is 9.59 Å². The van der Waals surface area contributed by atoms with Crippen LogP contribution in [0.15, 0.2) is 30.6 Å². The summed E-state index contributed by atoms with van der Waals surface area (Å²) < 4.78 is 0. The third-order valence-corrected chi connectivity index (χ3v) is 3.82. The van der Waals surface area contributed by atoms with E-state index >= 15 is 0 Å². The number of anilines is 2. The zero-order chi connectivity index (χ0) is 15.5. The highest BCUT2D eigenvalue weighted by atomic mass is 16.2. The Balaban J connectivity index is 1.74. The van der Waals surface area contributed by atoms with Gasteiger partial charge in [0.2, 0.25) is 17.8 Å². The maximum Gasteiger partial charge on any atom is 0.232 e. The second kappa shape index (κ2) is 5.97. The Kier molecular flexibility index (Phi) is 3.86. The first-order chi connectivity index (χ1) is 10.7. The van der Waals surface area contributed by atoms with Crippen LogP contribution in [0.25, 0.3) is 0 Å². The number of carbonyl (C=O) groups excluding carboxylic acids is 2. The van der Waals surface area contributed by atoms with Gasteiger partial charge in [0, 0.05) is 18.7 Å². The van der Waals surface area contributed by atoms with Gasteiger partial charge in [-0.15, -0.1) is 0 Å². The standard InChI is InChI=1S/C15H17N5O2/c1-2-10-5-3-4-6-12(10)20-8-11(7-13(20)21)14(22)18-15-16-9-17-19-15/h3-6,9,11H,2,7-8H2,1H3,(H2,16,17,18,19,22)/t11-/m0/s1. The lowest BCUT2D eigenvalue weighted by Crippen LogP contribution is -2.29. The number of amides is 2. The molecule has 1 atom stereocenters. The molecule has 1 aliphatic rings. The van der Waals surface area contributed by atoms with Crippen molar-refractivity contribution >= 4 is 23.5 Å². The molecule has 7 nitrogen and oxygen atoms in total. The molecule has 2 amide bonds. The maximum absolute atomic E-state index is 12.3. The van der Waals surface area contributed by atoms with Crippen molar-refractivity contribution in [2.24, 2.45) is 5.92 Å². The topological polar surface area (TPSA) is 91.0 Å². The Hall–Kier alpha value is -2.70. The summed E-state index contributed by atoms with van der Waals surface area (Å²) in [5.74, 6) is -0.340. The normalized spacial score (nSPS) is 17.8. The summed E-state index contributed by atoms with van der Waals surface area (Å²) in [6.07, 6.45) is 2.37. The first kappa shape index (κ1) is 14.2. The van der Waals surface area contributed by atoms with Crippen molar-refractivity contribution in [3.05, 3.63) is 36.2 Å². The Labute approximate surface area is 127 Å². The molecule has 2 heterocycles. The molecule has 2 N–H and O–H groups in total. The number of nitrogens with zero attached hydrogens (tertiary/aromatic N) is 3. The smallest absolute Gasteiger partial charge is 0.232 e. The minimum atomic E-state index is -0.387. The van der Waals surface area contributed by atoms with Gasteiger partial charge >= 0.3 is 0 Å².